The van der Waals surface area contributed by atoms with Crippen molar-refractivity contribution in [1.29, 1.82) is 0 Å². The van der Waals surface area contributed by atoms with Gasteiger partial charge >= 0.3 is 0 Å². The lowest BCUT2D eigenvalue weighted by atomic mass is 10.1. The van der Waals surface area contributed by atoms with Gasteiger partial charge in [0.15, 0.2) is 0 Å². The van der Waals surface area contributed by atoms with Gasteiger partial charge in [0.2, 0.25) is 0 Å². The Labute approximate surface area is 272 Å². The molecule has 3 rings (SSSR count). The summed E-state index contributed by atoms with van der Waals surface area (Å²) in [6, 6.07) is 12.2. The highest BCUT2D eigenvalue weighted by molar-refractivity contribution is 9.11. The lowest BCUT2D eigenvalue weighted by Crippen LogP contribution is -2.01. The summed E-state index contributed by atoms with van der Waals surface area (Å²) in [5.74, 6) is 3.57. The van der Waals surface area contributed by atoms with Gasteiger partial charge in [-0.05, 0) is 81.8 Å². The van der Waals surface area contributed by atoms with Crippen LogP contribution in [0.4, 0.5) is 0 Å². The molecule has 2 aromatic carbocycles. The van der Waals surface area contributed by atoms with Gasteiger partial charge in [-0.1, -0.05) is 115 Å². The number of rotatable bonds is 0. The molecule has 0 radical (unpaired) electrons. The van der Waals surface area contributed by atoms with E-state index in [1.165, 1.54) is 103 Å². The molecule has 236 valence electrons. The van der Waals surface area contributed by atoms with Crippen molar-refractivity contribution in [3.05, 3.63) is 45.3 Å². The quantitative estimate of drug-likeness (QED) is 0.273. The molecule has 42 heavy (non-hydrogen) atoms. The molecule has 2 aromatic rings. The van der Waals surface area contributed by atoms with E-state index in [4.69, 9.17) is 18.9 Å². The highest BCUT2D eigenvalue weighted by Crippen LogP contribution is 2.35. The molecule has 0 N–H and O–H groups in total. The predicted molar refractivity (Wildman–Crippen MR) is 183 cm³/mol. The van der Waals surface area contributed by atoms with Gasteiger partial charge in [0.25, 0.3) is 0 Å². The maximum absolute atomic E-state index is 6.07. The van der Waals surface area contributed by atoms with Crippen LogP contribution in [-0.2, 0) is 0 Å². The molecule has 0 amide bonds. The number of halogens is 2. The highest BCUT2D eigenvalue weighted by Gasteiger charge is 2.09. The summed E-state index contributed by atoms with van der Waals surface area (Å²) in [6.45, 7) is 3.05. The Hall–Kier alpha value is -1.40. The Morgan fingerprint density at radius 1 is 0.310 bits per heavy atom. The summed E-state index contributed by atoms with van der Waals surface area (Å²) in [7, 11) is 0. The van der Waals surface area contributed by atoms with Crippen LogP contribution < -0.4 is 18.9 Å². The molecule has 0 saturated carbocycles. The number of ether oxygens (including phenoxy) is 4. The summed E-state index contributed by atoms with van der Waals surface area (Å²) in [5.41, 5.74) is 0. The first kappa shape index (κ1) is 35.1. The van der Waals surface area contributed by atoms with Crippen LogP contribution in [0.5, 0.6) is 23.0 Å². The summed E-state index contributed by atoms with van der Waals surface area (Å²) in [6.07, 6.45) is 25.1. The van der Waals surface area contributed by atoms with Crippen LogP contribution in [-0.4, -0.2) is 26.4 Å². The standard InChI is InChI=1S/C36H54Br2O4/c37-35-31-23-21-25-33(35)41-29-19-15-11-7-3-4-8-12-16-20-30-42-34-26-22-24-32(36(34)38)40-28-18-14-10-6-2-1-5-9-13-17-27-39-31/h21-26H,1-20,27-30H2. The molecule has 0 atom stereocenters. The van der Waals surface area contributed by atoms with Crippen molar-refractivity contribution >= 4 is 31.9 Å². The zero-order valence-corrected chi connectivity index (χ0v) is 29.0. The zero-order chi connectivity index (χ0) is 29.5. The third kappa shape index (κ3) is 14.9. The predicted octanol–water partition coefficient (Wildman–Crippen LogP) is 12.2. The van der Waals surface area contributed by atoms with E-state index in [1.54, 1.807) is 0 Å². The molecule has 0 saturated heterocycles. The van der Waals surface area contributed by atoms with Gasteiger partial charge in [-0.25, -0.2) is 0 Å². The van der Waals surface area contributed by atoms with Crippen molar-refractivity contribution in [3.63, 3.8) is 0 Å². The number of fused-ring (bicyclic) bond motifs is 4. The molecule has 1 heterocycles. The van der Waals surface area contributed by atoms with Gasteiger partial charge in [0.1, 0.15) is 31.9 Å². The fraction of sp³-hybridized carbons (Fsp3) is 0.667. The van der Waals surface area contributed by atoms with Crippen LogP contribution in [0.1, 0.15) is 128 Å². The van der Waals surface area contributed by atoms with Gasteiger partial charge in [-0.2, -0.15) is 0 Å². The molecule has 0 aliphatic carbocycles. The Kier molecular flexibility index (Phi) is 19.2. The first-order valence-corrected chi connectivity index (χ1v) is 18.4. The van der Waals surface area contributed by atoms with Gasteiger partial charge in [0.05, 0.1) is 26.4 Å². The van der Waals surface area contributed by atoms with E-state index in [-0.39, 0.29) is 0 Å². The topological polar surface area (TPSA) is 36.9 Å². The average Bonchev–Trinajstić information content (AvgIpc) is 2.99. The third-order valence-corrected chi connectivity index (χ3v) is 9.53. The molecule has 4 nitrogen and oxygen atoms in total. The molecule has 0 aromatic heterocycles. The Morgan fingerprint density at radius 2 is 0.500 bits per heavy atom. The molecule has 0 unspecified atom stereocenters. The van der Waals surface area contributed by atoms with Crippen molar-refractivity contribution in [1.82, 2.24) is 0 Å². The molecular formula is C36H54Br2O4. The van der Waals surface area contributed by atoms with E-state index in [2.05, 4.69) is 31.9 Å². The third-order valence-electron chi connectivity index (χ3n) is 7.96. The lowest BCUT2D eigenvalue weighted by Gasteiger charge is -2.13. The first-order chi connectivity index (χ1) is 20.8. The molecule has 6 heteroatoms. The number of hydrogen-bond donors (Lipinski definition) is 0. The molecule has 0 fully saturated rings. The van der Waals surface area contributed by atoms with Crippen molar-refractivity contribution in [2.24, 2.45) is 0 Å². The Bertz CT molecular complexity index is 821. The lowest BCUT2D eigenvalue weighted by molar-refractivity contribution is 0.285. The smallest absolute Gasteiger partial charge is 0.137 e. The monoisotopic (exact) mass is 708 g/mol. The largest absolute Gasteiger partial charge is 0.492 e. The van der Waals surface area contributed by atoms with E-state index in [0.717, 1.165) is 84.1 Å². The van der Waals surface area contributed by atoms with Crippen LogP contribution >= 0.6 is 31.9 Å². The van der Waals surface area contributed by atoms with Crippen molar-refractivity contribution in [2.75, 3.05) is 26.4 Å². The minimum absolute atomic E-state index is 0.762. The molecule has 0 spiro atoms. The number of benzene rings is 2. The second-order valence-corrected chi connectivity index (χ2v) is 13.2. The number of hydrogen-bond acceptors (Lipinski definition) is 4. The van der Waals surface area contributed by atoms with Gasteiger partial charge < -0.3 is 18.9 Å². The fourth-order valence-electron chi connectivity index (χ4n) is 5.39. The minimum Gasteiger partial charge on any atom is -0.492 e. The summed E-state index contributed by atoms with van der Waals surface area (Å²) >= 11 is 7.41. The van der Waals surface area contributed by atoms with Crippen LogP contribution in [0.25, 0.3) is 0 Å². The van der Waals surface area contributed by atoms with Gasteiger partial charge in [-0.3, -0.25) is 0 Å². The fourth-order valence-corrected chi connectivity index (χ4v) is 6.38. The molecule has 1 aliphatic rings. The van der Waals surface area contributed by atoms with Crippen molar-refractivity contribution in [2.45, 2.75) is 128 Å². The van der Waals surface area contributed by atoms with Crippen molar-refractivity contribution < 1.29 is 18.9 Å². The summed E-state index contributed by atoms with van der Waals surface area (Å²) in [4.78, 5) is 0. The van der Waals surface area contributed by atoms with Crippen LogP contribution in [0.15, 0.2) is 45.3 Å². The first-order valence-electron chi connectivity index (χ1n) is 16.8. The normalized spacial score (nSPS) is 19.1. The zero-order valence-electron chi connectivity index (χ0n) is 25.8. The summed E-state index contributed by atoms with van der Waals surface area (Å²) < 4.78 is 26.2. The molecular weight excluding hydrogens is 656 g/mol. The second-order valence-electron chi connectivity index (χ2n) is 11.6. The van der Waals surface area contributed by atoms with Crippen molar-refractivity contribution in [3.8, 4) is 23.0 Å². The van der Waals surface area contributed by atoms with E-state index in [1.807, 2.05) is 36.4 Å². The van der Waals surface area contributed by atoms with E-state index >= 15 is 0 Å². The molecule has 1 aliphatic heterocycles. The summed E-state index contributed by atoms with van der Waals surface area (Å²) in [5, 5.41) is 0. The maximum Gasteiger partial charge on any atom is 0.137 e. The Morgan fingerprint density at radius 3 is 0.714 bits per heavy atom. The van der Waals surface area contributed by atoms with E-state index < -0.39 is 0 Å². The molecule has 4 bridgehead atoms. The minimum atomic E-state index is 0.762. The highest BCUT2D eigenvalue weighted by atomic mass is 79.9. The average molecular weight is 711 g/mol. The van der Waals surface area contributed by atoms with Gasteiger partial charge in [-0.15, -0.1) is 0 Å². The SMILES string of the molecule is Brc1c2cccc1OCCCCCCCCCCCCOc1cccc(c1Br)OCCCCCCCCCCCCO2. The van der Waals surface area contributed by atoms with Crippen LogP contribution in [0.2, 0.25) is 0 Å². The van der Waals surface area contributed by atoms with Crippen LogP contribution in [0.3, 0.4) is 0 Å². The van der Waals surface area contributed by atoms with E-state index in [9.17, 15) is 0 Å². The Balaban J connectivity index is 1.37. The maximum atomic E-state index is 6.07. The van der Waals surface area contributed by atoms with Crippen LogP contribution in [0, 0.1) is 0 Å². The second kappa shape index (κ2) is 23.0. The van der Waals surface area contributed by atoms with Gasteiger partial charge in [0, 0.05) is 0 Å². The van der Waals surface area contributed by atoms with E-state index in [0.29, 0.717) is 0 Å².